The van der Waals surface area contributed by atoms with E-state index >= 15 is 0 Å². The maximum Gasteiger partial charge on any atom is 0.0635 e. The van der Waals surface area contributed by atoms with E-state index in [2.05, 4.69) is 17.6 Å². The van der Waals surface area contributed by atoms with Gasteiger partial charge in [-0.15, -0.1) is 0 Å². The number of nitrogens with one attached hydrogen (secondary N) is 1. The van der Waals surface area contributed by atoms with Crippen molar-refractivity contribution in [2.24, 2.45) is 0 Å². The minimum Gasteiger partial charge on any atom is -0.313 e. The molecule has 74 valence electrons. The van der Waals surface area contributed by atoms with Crippen molar-refractivity contribution in [3.63, 3.8) is 0 Å². The Balaban J connectivity index is 2.07. The minimum absolute atomic E-state index is 0.641. The van der Waals surface area contributed by atoms with Crippen LogP contribution in [0.15, 0.2) is 0 Å². The predicted molar refractivity (Wildman–Crippen MR) is 57.8 cm³/mol. The van der Waals surface area contributed by atoms with Crippen molar-refractivity contribution in [1.82, 2.24) is 5.32 Å². The lowest BCUT2D eigenvalue weighted by Gasteiger charge is -2.27. The lowest BCUT2D eigenvalue weighted by atomic mass is 9.95. The molecule has 0 spiro atoms. The van der Waals surface area contributed by atoms with Gasteiger partial charge in [-0.1, -0.05) is 0 Å². The van der Waals surface area contributed by atoms with Crippen molar-refractivity contribution in [3.05, 3.63) is 0 Å². The van der Waals surface area contributed by atoms with E-state index in [0.29, 0.717) is 12.5 Å². The van der Waals surface area contributed by atoms with E-state index < -0.39 is 0 Å². The highest BCUT2D eigenvalue weighted by atomic mass is 32.2. The molecular weight excluding hydrogens is 180 g/mol. The zero-order valence-corrected chi connectivity index (χ0v) is 9.07. The third-order valence-corrected chi connectivity index (χ3v) is 3.82. The summed E-state index contributed by atoms with van der Waals surface area (Å²) in [7, 11) is 0. The molecular formula is C10H18N2S. The van der Waals surface area contributed by atoms with E-state index in [-0.39, 0.29) is 0 Å². The summed E-state index contributed by atoms with van der Waals surface area (Å²) >= 11 is 2.00. The maximum atomic E-state index is 8.38. The number of nitriles is 1. The molecule has 1 aliphatic carbocycles. The monoisotopic (exact) mass is 198 g/mol. The van der Waals surface area contributed by atoms with E-state index in [1.165, 1.54) is 25.7 Å². The fourth-order valence-electron chi connectivity index (χ4n) is 1.83. The van der Waals surface area contributed by atoms with E-state index in [1.807, 2.05) is 11.8 Å². The van der Waals surface area contributed by atoms with Gasteiger partial charge in [0.05, 0.1) is 6.07 Å². The van der Waals surface area contributed by atoms with Crippen molar-refractivity contribution < 1.29 is 0 Å². The number of hydrogen-bond acceptors (Lipinski definition) is 3. The summed E-state index contributed by atoms with van der Waals surface area (Å²) in [6.07, 6.45) is 8.10. The molecule has 2 nitrogen and oxygen atoms in total. The predicted octanol–water partition coefficient (Wildman–Crippen LogP) is 2.16. The van der Waals surface area contributed by atoms with Crippen LogP contribution < -0.4 is 5.32 Å². The van der Waals surface area contributed by atoms with Gasteiger partial charge in [0, 0.05) is 24.3 Å². The molecule has 1 fully saturated rings. The highest BCUT2D eigenvalue weighted by Crippen LogP contribution is 2.26. The van der Waals surface area contributed by atoms with Crippen LogP contribution in [0, 0.1) is 11.3 Å². The van der Waals surface area contributed by atoms with Crippen LogP contribution in [-0.4, -0.2) is 24.1 Å². The number of thioether (sulfide) groups is 1. The lowest BCUT2D eigenvalue weighted by molar-refractivity contribution is 0.383. The van der Waals surface area contributed by atoms with Crippen molar-refractivity contribution >= 4 is 11.8 Å². The van der Waals surface area contributed by atoms with Gasteiger partial charge >= 0.3 is 0 Å². The molecule has 0 amide bonds. The Labute approximate surface area is 85.1 Å². The maximum absolute atomic E-state index is 8.38. The second-order valence-electron chi connectivity index (χ2n) is 3.57. The van der Waals surface area contributed by atoms with Gasteiger partial charge in [-0.25, -0.2) is 0 Å². The molecule has 0 bridgehead atoms. The van der Waals surface area contributed by atoms with Gasteiger partial charge in [-0.3, -0.25) is 0 Å². The normalized spacial score (nSPS) is 28.3. The molecule has 0 atom stereocenters. The van der Waals surface area contributed by atoms with Crippen LogP contribution in [0.2, 0.25) is 0 Å². The Hall–Kier alpha value is -0.200. The van der Waals surface area contributed by atoms with Gasteiger partial charge in [0.15, 0.2) is 0 Å². The first-order valence-electron chi connectivity index (χ1n) is 5.00. The average molecular weight is 198 g/mol. The molecule has 1 N–H and O–H groups in total. The molecule has 0 radical (unpaired) electrons. The Morgan fingerprint density at radius 2 is 2.08 bits per heavy atom. The van der Waals surface area contributed by atoms with Crippen LogP contribution in [0.4, 0.5) is 0 Å². The molecule has 0 heterocycles. The molecule has 0 aromatic carbocycles. The molecule has 1 saturated carbocycles. The summed E-state index contributed by atoms with van der Waals surface area (Å²) in [6.45, 7) is 0.866. The zero-order valence-electron chi connectivity index (χ0n) is 8.25. The zero-order chi connectivity index (χ0) is 9.52. The van der Waals surface area contributed by atoms with Gasteiger partial charge in [0.2, 0.25) is 0 Å². The van der Waals surface area contributed by atoms with E-state index in [0.717, 1.165) is 11.8 Å². The van der Waals surface area contributed by atoms with Crippen LogP contribution in [0.1, 0.15) is 32.1 Å². The Bertz CT molecular complexity index is 168. The fraction of sp³-hybridized carbons (Fsp3) is 0.900. The first-order valence-corrected chi connectivity index (χ1v) is 6.28. The summed E-state index contributed by atoms with van der Waals surface area (Å²) in [5.74, 6) is 0. The van der Waals surface area contributed by atoms with Gasteiger partial charge in [-0.2, -0.15) is 17.0 Å². The van der Waals surface area contributed by atoms with Crippen LogP contribution in [0.25, 0.3) is 0 Å². The van der Waals surface area contributed by atoms with E-state index in [4.69, 9.17) is 5.26 Å². The Morgan fingerprint density at radius 3 is 2.62 bits per heavy atom. The third kappa shape index (κ3) is 4.02. The standard InChI is InChI=1S/C10H18N2S/c1-13-10-5-3-9(4-6-10)12-8-2-7-11/h9-10,12H,2-6,8H2,1H3. The van der Waals surface area contributed by atoms with Crippen molar-refractivity contribution in [2.75, 3.05) is 12.8 Å². The number of nitrogens with zero attached hydrogens (tertiary/aromatic N) is 1. The second kappa shape index (κ2) is 6.28. The van der Waals surface area contributed by atoms with Gasteiger partial charge in [0.1, 0.15) is 0 Å². The van der Waals surface area contributed by atoms with Crippen LogP contribution >= 0.6 is 11.8 Å². The molecule has 1 rings (SSSR count). The minimum atomic E-state index is 0.641. The molecule has 0 saturated heterocycles. The van der Waals surface area contributed by atoms with Crippen molar-refractivity contribution in [1.29, 1.82) is 5.26 Å². The largest absolute Gasteiger partial charge is 0.313 e. The van der Waals surface area contributed by atoms with E-state index in [1.54, 1.807) is 0 Å². The first-order chi connectivity index (χ1) is 6.36. The third-order valence-electron chi connectivity index (χ3n) is 2.68. The average Bonchev–Trinajstić information content (AvgIpc) is 2.19. The summed E-state index contributed by atoms with van der Waals surface area (Å²) < 4.78 is 0. The number of hydrogen-bond donors (Lipinski definition) is 1. The fourth-order valence-corrected chi connectivity index (χ4v) is 2.58. The molecule has 0 aliphatic heterocycles. The molecule has 0 aromatic heterocycles. The smallest absolute Gasteiger partial charge is 0.0635 e. The molecule has 1 aliphatic rings. The molecule has 3 heteroatoms. The lowest BCUT2D eigenvalue weighted by Crippen LogP contribution is -2.34. The Kier molecular flexibility index (Phi) is 5.26. The van der Waals surface area contributed by atoms with Crippen LogP contribution in [0.3, 0.4) is 0 Å². The van der Waals surface area contributed by atoms with Crippen LogP contribution in [0.5, 0.6) is 0 Å². The quantitative estimate of drug-likeness (QED) is 0.703. The van der Waals surface area contributed by atoms with E-state index in [9.17, 15) is 0 Å². The molecule has 0 unspecified atom stereocenters. The Morgan fingerprint density at radius 1 is 1.38 bits per heavy atom. The number of rotatable bonds is 4. The highest BCUT2D eigenvalue weighted by Gasteiger charge is 2.19. The summed E-state index contributed by atoms with van der Waals surface area (Å²) in [6, 6.07) is 2.84. The van der Waals surface area contributed by atoms with Gasteiger partial charge in [0.25, 0.3) is 0 Å². The summed E-state index contributed by atoms with van der Waals surface area (Å²) in [4.78, 5) is 0. The van der Waals surface area contributed by atoms with Crippen molar-refractivity contribution in [3.8, 4) is 6.07 Å². The molecule has 0 aromatic rings. The summed E-state index contributed by atoms with van der Waals surface area (Å²) in [5.41, 5.74) is 0. The molecule has 13 heavy (non-hydrogen) atoms. The topological polar surface area (TPSA) is 35.8 Å². The van der Waals surface area contributed by atoms with Crippen LogP contribution in [-0.2, 0) is 0 Å². The first kappa shape index (κ1) is 10.9. The SMILES string of the molecule is CSC1CCC(NCCC#N)CC1. The highest BCUT2D eigenvalue weighted by molar-refractivity contribution is 7.99. The second-order valence-corrected chi connectivity index (χ2v) is 4.71. The van der Waals surface area contributed by atoms with Crippen molar-refractivity contribution in [2.45, 2.75) is 43.4 Å². The van der Waals surface area contributed by atoms with Gasteiger partial charge in [-0.05, 0) is 31.9 Å². The van der Waals surface area contributed by atoms with Gasteiger partial charge < -0.3 is 5.32 Å². The summed E-state index contributed by atoms with van der Waals surface area (Å²) in [5, 5.41) is 12.7.